The number of benzene rings is 4. The quantitative estimate of drug-likeness (QED) is 0.134. The maximum absolute atomic E-state index is 14.0. The fourth-order valence-electron chi connectivity index (χ4n) is 11.6. The molecule has 7 heterocycles. The third kappa shape index (κ3) is 3.82. The average molecular weight is 761 g/mol. The Hall–Kier alpha value is -6.63. The molecule has 0 saturated carbocycles. The van der Waals surface area contributed by atoms with Crippen molar-refractivity contribution in [2.75, 3.05) is 44.1 Å². The monoisotopic (exact) mass is 760 g/mol. The zero-order valence-electron chi connectivity index (χ0n) is 31.8. The SMILES string of the molecule is CNC(=O)C(=O)c1c[nH]c2c([C@]34CC(=O)N(C)[C@H]3Nc3c([C@]56CC(=O)N(C)[C@H]5Nc5c6cccc5[C@]56CC(=O)N(C)[C@H]5Nc5ccccc56)cccc34)cccc12. The lowest BCUT2D eigenvalue weighted by Gasteiger charge is -2.34. The molecule has 13 nitrogen and oxygen atoms in total. The summed E-state index contributed by atoms with van der Waals surface area (Å²) in [5.41, 5.74) is 7.08. The lowest BCUT2D eigenvalue weighted by atomic mass is 9.67. The molecule has 0 aliphatic carbocycles. The van der Waals surface area contributed by atoms with E-state index < -0.39 is 40.3 Å². The first-order chi connectivity index (χ1) is 27.5. The molecule has 3 fully saturated rings. The lowest BCUT2D eigenvalue weighted by Crippen LogP contribution is -2.44. The second-order valence-corrected chi connectivity index (χ2v) is 16.4. The molecule has 13 heteroatoms. The van der Waals surface area contributed by atoms with Gasteiger partial charge in [0, 0.05) is 76.1 Å². The Bertz CT molecular complexity index is 2710. The maximum Gasteiger partial charge on any atom is 0.292 e. The average Bonchev–Trinajstić information content (AvgIpc) is 4.07. The maximum atomic E-state index is 14.0. The number of rotatable bonds is 5. The zero-order chi connectivity index (χ0) is 39.3. The minimum Gasteiger partial charge on any atom is -0.364 e. The van der Waals surface area contributed by atoms with E-state index in [2.05, 4.69) is 68.7 Å². The largest absolute Gasteiger partial charge is 0.364 e. The predicted molar refractivity (Wildman–Crippen MR) is 213 cm³/mol. The van der Waals surface area contributed by atoms with Crippen molar-refractivity contribution < 1.29 is 24.0 Å². The van der Waals surface area contributed by atoms with Crippen LogP contribution >= 0.6 is 0 Å². The number of para-hydroxylation sites is 4. The normalized spacial score (nSPS) is 28.7. The Labute approximate surface area is 327 Å². The third-order valence-corrected chi connectivity index (χ3v) is 14.2. The first-order valence-electron chi connectivity index (χ1n) is 19.3. The van der Waals surface area contributed by atoms with E-state index in [1.807, 2.05) is 55.4 Å². The number of amides is 4. The number of Topliss-reactive ketones (excluding diaryl/α,β-unsaturated/α-hetero) is 1. The number of ketones is 1. The van der Waals surface area contributed by atoms with Crippen LogP contribution in [-0.4, -0.2) is 95.8 Å². The van der Waals surface area contributed by atoms with Gasteiger partial charge >= 0.3 is 0 Å². The van der Waals surface area contributed by atoms with Crippen LogP contribution in [0.15, 0.2) is 85.1 Å². The molecule has 6 aliphatic heterocycles. The number of nitrogens with one attached hydrogen (secondary N) is 5. The molecule has 0 unspecified atom stereocenters. The number of carbonyl (C=O) groups is 5. The Morgan fingerprint density at radius 1 is 0.596 bits per heavy atom. The van der Waals surface area contributed by atoms with Crippen molar-refractivity contribution in [3.05, 3.63) is 124 Å². The molecule has 4 aromatic carbocycles. The molecule has 6 aliphatic rings. The van der Waals surface area contributed by atoms with Crippen molar-refractivity contribution in [1.82, 2.24) is 25.0 Å². The van der Waals surface area contributed by atoms with Gasteiger partial charge in [0.15, 0.2) is 0 Å². The number of hydrogen-bond donors (Lipinski definition) is 5. The fourth-order valence-corrected chi connectivity index (χ4v) is 11.6. The van der Waals surface area contributed by atoms with E-state index in [1.54, 1.807) is 23.0 Å². The molecule has 0 spiro atoms. The van der Waals surface area contributed by atoms with Crippen LogP contribution in [0.1, 0.15) is 63.0 Å². The summed E-state index contributed by atoms with van der Waals surface area (Å²) in [5, 5.41) is 14.4. The molecule has 5 aromatic rings. The van der Waals surface area contributed by atoms with Gasteiger partial charge in [-0.05, 0) is 39.4 Å². The summed E-state index contributed by atoms with van der Waals surface area (Å²) in [6.07, 6.45) is 1.03. The molecule has 286 valence electrons. The minimum absolute atomic E-state index is 0.00511. The molecule has 3 saturated heterocycles. The smallest absolute Gasteiger partial charge is 0.292 e. The van der Waals surface area contributed by atoms with Crippen molar-refractivity contribution in [1.29, 1.82) is 0 Å². The Balaban J connectivity index is 1.13. The molecule has 0 radical (unpaired) electrons. The number of hydrogen-bond acceptors (Lipinski definition) is 8. The standard InChI is InChI=1S/C44H40N8O5/c1-45-38(57)37(56)23-21-46-34-22(23)10-7-12-25(34)43-19-32(54)51(3)40(43)49-36-27(43)14-9-16-29(36)44-20-33(55)52(4)41(44)48-35-26(13-8-15-28(35)44)42-18-31(53)50(2)39(42)47-30-17-6-5-11-24(30)42/h5-17,21,39-41,46-49H,18-20H2,1-4H3,(H,45,57)/t39-,40-,41-,42-,43+,44-/m1/s1. The second-order valence-electron chi connectivity index (χ2n) is 16.4. The van der Waals surface area contributed by atoms with Crippen molar-refractivity contribution >= 4 is 57.4 Å². The molecule has 1 aromatic heterocycles. The molecular formula is C44H40N8O5. The van der Waals surface area contributed by atoms with Crippen LogP contribution in [0.25, 0.3) is 10.9 Å². The van der Waals surface area contributed by atoms with Crippen molar-refractivity contribution in [2.24, 2.45) is 0 Å². The predicted octanol–water partition coefficient (Wildman–Crippen LogP) is 3.80. The molecule has 57 heavy (non-hydrogen) atoms. The zero-order valence-corrected chi connectivity index (χ0v) is 31.8. The summed E-state index contributed by atoms with van der Waals surface area (Å²) in [5.74, 6) is -1.33. The van der Waals surface area contributed by atoms with Crippen molar-refractivity contribution in [3.63, 3.8) is 0 Å². The minimum atomic E-state index is -0.882. The van der Waals surface area contributed by atoms with Gasteiger partial charge in [-0.25, -0.2) is 0 Å². The van der Waals surface area contributed by atoms with Gasteiger partial charge < -0.3 is 41.0 Å². The van der Waals surface area contributed by atoms with Crippen LogP contribution in [0, 0.1) is 0 Å². The van der Waals surface area contributed by atoms with Crippen LogP contribution < -0.4 is 21.3 Å². The number of H-pyrrole nitrogens is 1. The highest BCUT2D eigenvalue weighted by molar-refractivity contribution is 6.45. The van der Waals surface area contributed by atoms with E-state index in [1.165, 1.54) is 7.05 Å². The van der Waals surface area contributed by atoms with Gasteiger partial charge in [0.2, 0.25) is 17.7 Å². The molecule has 0 bridgehead atoms. The van der Waals surface area contributed by atoms with Crippen LogP contribution in [0.5, 0.6) is 0 Å². The Morgan fingerprint density at radius 3 is 1.58 bits per heavy atom. The summed E-state index contributed by atoms with van der Waals surface area (Å²) in [4.78, 5) is 75.6. The summed E-state index contributed by atoms with van der Waals surface area (Å²) < 4.78 is 0. The Morgan fingerprint density at radius 2 is 1.04 bits per heavy atom. The first kappa shape index (κ1) is 33.7. The molecule has 5 N–H and O–H groups in total. The topological polar surface area (TPSA) is 159 Å². The molecule has 4 amide bonds. The van der Waals surface area contributed by atoms with E-state index in [9.17, 15) is 24.0 Å². The van der Waals surface area contributed by atoms with Gasteiger partial charge in [0.1, 0.15) is 18.5 Å². The van der Waals surface area contributed by atoms with Crippen LogP contribution in [-0.2, 0) is 35.4 Å². The number of aromatic nitrogens is 1. The highest BCUT2D eigenvalue weighted by Gasteiger charge is 2.65. The van der Waals surface area contributed by atoms with E-state index in [0.717, 1.165) is 50.4 Å². The van der Waals surface area contributed by atoms with E-state index >= 15 is 0 Å². The van der Waals surface area contributed by atoms with Gasteiger partial charge in [-0.1, -0.05) is 72.8 Å². The fraction of sp³-hybridized carbons (Fsp3) is 0.295. The van der Waals surface area contributed by atoms with Crippen LogP contribution in [0.4, 0.5) is 17.1 Å². The van der Waals surface area contributed by atoms with Crippen LogP contribution in [0.3, 0.4) is 0 Å². The van der Waals surface area contributed by atoms with E-state index in [-0.39, 0.29) is 42.3 Å². The summed E-state index contributed by atoms with van der Waals surface area (Å²) >= 11 is 0. The number of fused-ring (bicyclic) bond motifs is 10. The van der Waals surface area contributed by atoms with Gasteiger partial charge in [0.05, 0.1) is 27.3 Å². The Kier molecular flexibility index (Phi) is 6.51. The van der Waals surface area contributed by atoms with Crippen LogP contribution in [0.2, 0.25) is 0 Å². The van der Waals surface area contributed by atoms with Gasteiger partial charge in [-0.3, -0.25) is 24.0 Å². The number of aromatic amines is 1. The lowest BCUT2D eigenvalue weighted by molar-refractivity contribution is -0.128. The first-order valence-corrected chi connectivity index (χ1v) is 19.3. The van der Waals surface area contributed by atoms with Gasteiger partial charge in [0.25, 0.3) is 11.7 Å². The summed E-state index contributed by atoms with van der Waals surface area (Å²) in [6, 6.07) is 26.4. The van der Waals surface area contributed by atoms with E-state index in [0.29, 0.717) is 17.3 Å². The second kappa shape index (κ2) is 11.0. The number of anilines is 3. The van der Waals surface area contributed by atoms with E-state index in [4.69, 9.17) is 0 Å². The number of likely N-dealkylation sites (tertiary alicyclic amines) is 3. The number of carbonyl (C=O) groups excluding carboxylic acids is 5. The molecular weight excluding hydrogens is 721 g/mol. The summed E-state index contributed by atoms with van der Waals surface area (Å²) in [6.45, 7) is 0. The van der Waals surface area contributed by atoms with Crippen molar-refractivity contribution in [2.45, 2.75) is 54.0 Å². The summed E-state index contributed by atoms with van der Waals surface area (Å²) in [7, 11) is 6.93. The molecule has 6 atom stereocenters. The number of nitrogens with zero attached hydrogens (tertiary/aromatic N) is 3. The van der Waals surface area contributed by atoms with Gasteiger partial charge in [-0.2, -0.15) is 0 Å². The van der Waals surface area contributed by atoms with Gasteiger partial charge in [-0.15, -0.1) is 0 Å². The third-order valence-electron chi connectivity index (χ3n) is 14.2. The van der Waals surface area contributed by atoms with Crippen molar-refractivity contribution in [3.8, 4) is 0 Å². The molecule has 11 rings (SSSR count). The highest BCUT2D eigenvalue weighted by Crippen LogP contribution is 2.63. The highest BCUT2D eigenvalue weighted by atomic mass is 16.2. The number of likely N-dealkylation sites (N-methyl/N-ethyl adjacent to an activating group) is 4.